The maximum absolute atomic E-state index is 13.5. The van der Waals surface area contributed by atoms with Gasteiger partial charge in [0.05, 0.1) is 16.0 Å². The Hall–Kier alpha value is -1.91. The lowest BCUT2D eigenvalue weighted by molar-refractivity contribution is 0.625. The second-order valence-corrected chi connectivity index (χ2v) is 5.99. The van der Waals surface area contributed by atoms with Gasteiger partial charge in [0.2, 0.25) is 0 Å². The number of benzene rings is 2. The van der Waals surface area contributed by atoms with Gasteiger partial charge in [-0.3, -0.25) is 0 Å². The van der Waals surface area contributed by atoms with Crippen LogP contribution in [0.4, 0.5) is 8.78 Å². The van der Waals surface area contributed by atoms with Crippen molar-refractivity contribution in [2.24, 2.45) is 7.05 Å². The van der Waals surface area contributed by atoms with Crippen molar-refractivity contribution in [3.8, 4) is 0 Å². The van der Waals surface area contributed by atoms with E-state index in [0.717, 1.165) is 17.0 Å². The third-order valence-corrected chi connectivity index (χ3v) is 4.25. The Morgan fingerprint density at radius 1 is 0.957 bits per heavy atom. The number of halogens is 4. The van der Waals surface area contributed by atoms with E-state index in [4.69, 9.17) is 23.2 Å². The second-order valence-electron chi connectivity index (χ2n) is 5.18. The first-order valence-electron chi connectivity index (χ1n) is 6.84. The van der Waals surface area contributed by atoms with E-state index in [1.807, 2.05) is 11.6 Å². The summed E-state index contributed by atoms with van der Waals surface area (Å²) in [7, 11) is 1.85. The molecule has 0 saturated carbocycles. The molecule has 1 aromatic heterocycles. The SMILES string of the molecule is Cn1ccnc1C(c1ccc(F)c(Cl)c1)c1ccc(F)c(Cl)c1. The number of rotatable bonds is 3. The molecule has 0 aliphatic carbocycles. The first-order chi connectivity index (χ1) is 11.0. The Balaban J connectivity index is 2.19. The van der Waals surface area contributed by atoms with Gasteiger partial charge in [-0.2, -0.15) is 0 Å². The molecule has 23 heavy (non-hydrogen) atoms. The number of hydrogen-bond donors (Lipinski definition) is 0. The van der Waals surface area contributed by atoms with Crippen LogP contribution in [0.25, 0.3) is 0 Å². The van der Waals surface area contributed by atoms with E-state index in [9.17, 15) is 8.78 Å². The molecular formula is C17H12Cl2F2N2. The second kappa shape index (κ2) is 6.30. The van der Waals surface area contributed by atoms with Crippen LogP contribution in [0.3, 0.4) is 0 Å². The van der Waals surface area contributed by atoms with Gasteiger partial charge < -0.3 is 4.57 Å². The first kappa shape index (κ1) is 16.0. The van der Waals surface area contributed by atoms with Crippen LogP contribution < -0.4 is 0 Å². The van der Waals surface area contributed by atoms with Crippen LogP contribution in [0.5, 0.6) is 0 Å². The lowest BCUT2D eigenvalue weighted by atomic mass is 9.90. The third-order valence-electron chi connectivity index (χ3n) is 3.67. The summed E-state index contributed by atoms with van der Waals surface area (Å²) in [4.78, 5) is 4.36. The van der Waals surface area contributed by atoms with Gasteiger partial charge >= 0.3 is 0 Å². The van der Waals surface area contributed by atoms with Gasteiger partial charge in [-0.15, -0.1) is 0 Å². The molecule has 0 bridgehead atoms. The molecular weight excluding hydrogens is 341 g/mol. The van der Waals surface area contributed by atoms with Crippen molar-refractivity contribution >= 4 is 23.2 Å². The van der Waals surface area contributed by atoms with E-state index in [1.54, 1.807) is 36.7 Å². The Labute approximate surface area is 142 Å². The van der Waals surface area contributed by atoms with Gasteiger partial charge in [-0.1, -0.05) is 35.3 Å². The molecule has 0 aliphatic heterocycles. The Kier molecular flexibility index (Phi) is 4.37. The van der Waals surface area contributed by atoms with Crippen molar-refractivity contribution in [1.82, 2.24) is 9.55 Å². The zero-order chi connectivity index (χ0) is 16.6. The van der Waals surface area contributed by atoms with Crippen molar-refractivity contribution in [2.45, 2.75) is 5.92 Å². The number of aromatic nitrogens is 2. The van der Waals surface area contributed by atoms with Crippen LogP contribution in [-0.4, -0.2) is 9.55 Å². The summed E-state index contributed by atoms with van der Waals surface area (Å²) in [6, 6.07) is 8.98. The molecule has 2 aromatic carbocycles. The van der Waals surface area contributed by atoms with E-state index in [1.165, 1.54) is 12.1 Å². The van der Waals surface area contributed by atoms with E-state index in [-0.39, 0.29) is 16.0 Å². The predicted molar refractivity (Wildman–Crippen MR) is 87.0 cm³/mol. The average Bonchev–Trinajstić information content (AvgIpc) is 2.93. The van der Waals surface area contributed by atoms with Gasteiger partial charge in [0.15, 0.2) is 0 Å². The van der Waals surface area contributed by atoms with Crippen molar-refractivity contribution in [1.29, 1.82) is 0 Å². The summed E-state index contributed by atoms with van der Waals surface area (Å²) in [5, 5.41) is 0.0461. The summed E-state index contributed by atoms with van der Waals surface area (Å²) < 4.78 is 28.8. The molecule has 0 fully saturated rings. The smallest absolute Gasteiger partial charge is 0.141 e. The largest absolute Gasteiger partial charge is 0.337 e. The van der Waals surface area contributed by atoms with Crippen LogP contribution in [0.2, 0.25) is 10.0 Å². The van der Waals surface area contributed by atoms with Gasteiger partial charge in [0.25, 0.3) is 0 Å². The highest BCUT2D eigenvalue weighted by molar-refractivity contribution is 6.31. The monoisotopic (exact) mass is 352 g/mol. The molecule has 118 valence electrons. The van der Waals surface area contributed by atoms with Crippen LogP contribution in [0, 0.1) is 11.6 Å². The maximum Gasteiger partial charge on any atom is 0.141 e. The quantitative estimate of drug-likeness (QED) is 0.634. The zero-order valence-corrected chi connectivity index (χ0v) is 13.6. The highest BCUT2D eigenvalue weighted by Gasteiger charge is 2.22. The molecule has 2 nitrogen and oxygen atoms in total. The van der Waals surface area contributed by atoms with Gasteiger partial charge in [-0.05, 0) is 35.4 Å². The number of nitrogens with zero attached hydrogens (tertiary/aromatic N) is 2. The van der Waals surface area contributed by atoms with Crippen molar-refractivity contribution in [3.63, 3.8) is 0 Å². The fourth-order valence-electron chi connectivity index (χ4n) is 2.53. The average molecular weight is 353 g/mol. The normalized spacial score (nSPS) is 11.2. The highest BCUT2D eigenvalue weighted by atomic mass is 35.5. The summed E-state index contributed by atoms with van der Waals surface area (Å²) in [6.45, 7) is 0. The van der Waals surface area contributed by atoms with Gasteiger partial charge in [0.1, 0.15) is 17.5 Å². The molecule has 0 atom stereocenters. The van der Waals surface area contributed by atoms with Crippen LogP contribution in [0.15, 0.2) is 48.8 Å². The minimum absolute atomic E-state index is 0.0231. The summed E-state index contributed by atoms with van der Waals surface area (Å²) in [5.41, 5.74) is 1.49. The van der Waals surface area contributed by atoms with E-state index in [0.29, 0.717) is 0 Å². The summed E-state index contributed by atoms with van der Waals surface area (Å²) >= 11 is 11.8. The molecule has 0 N–H and O–H groups in total. The lowest BCUT2D eigenvalue weighted by Crippen LogP contribution is -2.10. The molecule has 3 rings (SSSR count). The standard InChI is InChI=1S/C17H12Cl2F2N2/c1-23-7-6-22-17(23)16(10-2-4-14(20)12(18)8-10)11-3-5-15(21)13(19)9-11/h2-9,16H,1H3. The first-order valence-corrected chi connectivity index (χ1v) is 7.60. The lowest BCUT2D eigenvalue weighted by Gasteiger charge is -2.19. The minimum atomic E-state index is -0.494. The Bertz CT molecular complexity index is 810. The van der Waals surface area contributed by atoms with Crippen LogP contribution in [0.1, 0.15) is 22.9 Å². The fraction of sp³-hybridized carbons (Fsp3) is 0.118. The topological polar surface area (TPSA) is 17.8 Å². The van der Waals surface area contributed by atoms with Crippen LogP contribution in [-0.2, 0) is 7.05 Å². The number of aryl methyl sites for hydroxylation is 1. The maximum atomic E-state index is 13.5. The van der Waals surface area contributed by atoms with E-state index >= 15 is 0 Å². The van der Waals surface area contributed by atoms with Crippen LogP contribution >= 0.6 is 23.2 Å². The molecule has 0 unspecified atom stereocenters. The molecule has 3 aromatic rings. The van der Waals surface area contributed by atoms with Gasteiger partial charge in [-0.25, -0.2) is 13.8 Å². The molecule has 0 amide bonds. The molecule has 6 heteroatoms. The molecule has 0 radical (unpaired) electrons. The van der Waals surface area contributed by atoms with Crippen molar-refractivity contribution < 1.29 is 8.78 Å². The van der Waals surface area contributed by atoms with E-state index < -0.39 is 11.6 Å². The molecule has 1 heterocycles. The third kappa shape index (κ3) is 3.09. The zero-order valence-electron chi connectivity index (χ0n) is 12.1. The molecule has 0 aliphatic rings. The molecule has 0 spiro atoms. The molecule has 0 saturated heterocycles. The number of imidazole rings is 1. The fourth-order valence-corrected chi connectivity index (χ4v) is 2.91. The van der Waals surface area contributed by atoms with Crippen molar-refractivity contribution in [3.05, 3.63) is 87.4 Å². The Morgan fingerprint density at radius 3 is 1.87 bits per heavy atom. The highest BCUT2D eigenvalue weighted by Crippen LogP contribution is 2.34. The van der Waals surface area contributed by atoms with E-state index in [2.05, 4.69) is 4.98 Å². The Morgan fingerprint density at radius 2 is 1.48 bits per heavy atom. The minimum Gasteiger partial charge on any atom is -0.337 e. The summed E-state index contributed by atoms with van der Waals surface area (Å²) in [6.07, 6.45) is 3.47. The van der Waals surface area contributed by atoms with Gasteiger partial charge in [0, 0.05) is 19.4 Å². The predicted octanol–water partition coefficient (Wildman–Crippen LogP) is 5.19. The van der Waals surface area contributed by atoms with Crippen molar-refractivity contribution in [2.75, 3.05) is 0 Å². The number of hydrogen-bond acceptors (Lipinski definition) is 1. The summed E-state index contributed by atoms with van der Waals surface area (Å²) in [5.74, 6) is -0.612.